The number of nitrogens with zero attached hydrogens (tertiary/aromatic N) is 4. The van der Waals surface area contributed by atoms with Crippen LogP contribution in [-0.4, -0.2) is 86.0 Å². The number of amides is 3. The molecule has 0 aliphatic carbocycles. The molecule has 0 unspecified atom stereocenters. The maximum Gasteiger partial charge on any atom is 0.414 e. The molecule has 12 nitrogen and oxygen atoms in total. The van der Waals surface area contributed by atoms with Gasteiger partial charge in [-0.3, -0.25) is 24.5 Å². The van der Waals surface area contributed by atoms with Crippen molar-refractivity contribution in [1.29, 1.82) is 0 Å². The van der Waals surface area contributed by atoms with Gasteiger partial charge in [0.05, 0.1) is 19.3 Å². The van der Waals surface area contributed by atoms with Crippen molar-refractivity contribution in [2.24, 2.45) is 0 Å². The van der Waals surface area contributed by atoms with Gasteiger partial charge in [-0.25, -0.2) is 13.6 Å². The van der Waals surface area contributed by atoms with Crippen LogP contribution in [0.15, 0.2) is 36.7 Å². The topological polar surface area (TPSA) is 133 Å². The third kappa shape index (κ3) is 6.38. The van der Waals surface area contributed by atoms with Crippen LogP contribution in [0.25, 0.3) is 0 Å². The number of carbonyl (C=O) groups is 4. The minimum Gasteiger partial charge on any atom is -0.469 e. The predicted molar refractivity (Wildman–Crippen MR) is 135 cm³/mol. The lowest BCUT2D eigenvalue weighted by atomic mass is 10.1. The summed E-state index contributed by atoms with van der Waals surface area (Å²) in [5, 5.41) is 12.1. The van der Waals surface area contributed by atoms with Crippen molar-refractivity contribution in [2.45, 2.75) is 31.9 Å². The van der Waals surface area contributed by atoms with E-state index in [0.717, 1.165) is 21.8 Å². The van der Waals surface area contributed by atoms with Crippen molar-refractivity contribution >= 4 is 35.3 Å². The molecule has 1 aromatic carbocycles. The molecule has 3 heterocycles. The molecule has 0 bridgehead atoms. The van der Waals surface area contributed by atoms with E-state index in [9.17, 15) is 24.4 Å². The Labute approximate surface area is 228 Å². The summed E-state index contributed by atoms with van der Waals surface area (Å²) < 4.78 is 40.7. The second kappa shape index (κ2) is 12.1. The molecule has 2 aliphatic heterocycles. The maximum atomic E-state index is 15.1. The van der Waals surface area contributed by atoms with Crippen LogP contribution in [0.4, 0.5) is 25.0 Å². The van der Waals surface area contributed by atoms with Gasteiger partial charge in [0.1, 0.15) is 23.4 Å². The number of esters is 1. The third-order valence-corrected chi connectivity index (χ3v) is 6.76. The van der Waals surface area contributed by atoms with E-state index < -0.39 is 41.7 Å². The molecule has 2 saturated heterocycles. The zero-order chi connectivity index (χ0) is 29.0. The molecule has 2 aliphatic rings. The van der Waals surface area contributed by atoms with Crippen molar-refractivity contribution in [3.63, 3.8) is 0 Å². The van der Waals surface area contributed by atoms with Gasteiger partial charge in [-0.15, -0.1) is 0 Å². The lowest BCUT2D eigenvalue weighted by Crippen LogP contribution is -2.54. The lowest BCUT2D eigenvalue weighted by molar-refractivity contribution is -0.904. The number of anilines is 2. The van der Waals surface area contributed by atoms with Gasteiger partial charge in [-0.05, 0) is 19.4 Å². The number of cyclic esters (lactones) is 1. The fraction of sp³-hybridized carbons (Fsp3) is 0.423. The fourth-order valence-corrected chi connectivity index (χ4v) is 4.64. The fourth-order valence-electron chi connectivity index (χ4n) is 4.64. The summed E-state index contributed by atoms with van der Waals surface area (Å²) in [4.78, 5) is 53.0. The molecule has 1 aromatic heterocycles. The van der Waals surface area contributed by atoms with Gasteiger partial charge in [0, 0.05) is 55.5 Å². The molecule has 0 radical (unpaired) electrons. The molecule has 14 heteroatoms. The van der Waals surface area contributed by atoms with Crippen LogP contribution in [0, 0.1) is 11.6 Å². The first-order chi connectivity index (χ1) is 19.1. The number of piperazine rings is 1. The van der Waals surface area contributed by atoms with E-state index in [-0.39, 0.29) is 68.4 Å². The Morgan fingerprint density at radius 1 is 1.20 bits per heavy atom. The van der Waals surface area contributed by atoms with Crippen molar-refractivity contribution in [1.82, 2.24) is 10.2 Å². The highest BCUT2D eigenvalue weighted by atomic mass is 19.1. The number of hydrogen-bond acceptors (Lipinski definition) is 8. The molecule has 214 valence electrons. The highest BCUT2D eigenvalue weighted by molar-refractivity contribution is 5.97. The molecular weight excluding hydrogens is 532 g/mol. The first-order valence-corrected chi connectivity index (χ1v) is 12.7. The Kier molecular flexibility index (Phi) is 8.65. The SMILES string of the molecule is COC(=O)CC[C@H]1CN(c2cc(F)c(N3CCN(C(=O)[C@H](C)NC(=O)c4ccc[n+](O)c4)CC3)c(F)c2)C(=O)O1. The van der Waals surface area contributed by atoms with Gasteiger partial charge >= 0.3 is 12.1 Å². The first-order valence-electron chi connectivity index (χ1n) is 12.7. The van der Waals surface area contributed by atoms with E-state index in [1.54, 1.807) is 0 Å². The molecule has 40 heavy (non-hydrogen) atoms. The largest absolute Gasteiger partial charge is 0.469 e. The number of pyridine rings is 1. The number of nitrogens with one attached hydrogen (secondary N) is 1. The summed E-state index contributed by atoms with van der Waals surface area (Å²) >= 11 is 0. The van der Waals surface area contributed by atoms with Gasteiger partial charge in [0.25, 0.3) is 5.91 Å². The van der Waals surface area contributed by atoms with E-state index >= 15 is 8.78 Å². The van der Waals surface area contributed by atoms with Crippen LogP contribution in [0.1, 0.15) is 30.1 Å². The van der Waals surface area contributed by atoms with E-state index in [2.05, 4.69) is 10.1 Å². The lowest BCUT2D eigenvalue weighted by Gasteiger charge is -2.37. The number of aromatic nitrogens is 1. The summed E-state index contributed by atoms with van der Waals surface area (Å²) in [6, 6.07) is 4.21. The molecule has 2 aromatic rings. The molecule has 0 spiro atoms. The van der Waals surface area contributed by atoms with Crippen LogP contribution >= 0.6 is 0 Å². The highest BCUT2D eigenvalue weighted by Crippen LogP contribution is 2.32. The second-order valence-corrected chi connectivity index (χ2v) is 9.47. The van der Waals surface area contributed by atoms with Gasteiger partial charge < -0.3 is 24.6 Å². The summed E-state index contributed by atoms with van der Waals surface area (Å²) in [6.45, 7) is 2.19. The number of rotatable bonds is 8. The predicted octanol–water partition coefficient (Wildman–Crippen LogP) is 1.24. The van der Waals surface area contributed by atoms with E-state index in [1.807, 2.05) is 0 Å². The Hall–Kier alpha value is -4.49. The Morgan fingerprint density at radius 2 is 1.88 bits per heavy atom. The molecule has 0 saturated carbocycles. The Morgan fingerprint density at radius 3 is 2.50 bits per heavy atom. The number of benzene rings is 1. The van der Waals surface area contributed by atoms with Gasteiger partial charge in [-0.1, -0.05) is 0 Å². The van der Waals surface area contributed by atoms with Crippen LogP contribution in [-0.2, 0) is 19.1 Å². The summed E-state index contributed by atoms with van der Waals surface area (Å²) in [6.07, 6.45) is 1.43. The minimum absolute atomic E-state index is 0.00664. The van der Waals surface area contributed by atoms with Crippen molar-refractivity contribution < 1.29 is 47.4 Å². The first kappa shape index (κ1) is 28.5. The summed E-state index contributed by atoms with van der Waals surface area (Å²) in [5.41, 5.74) is -0.107. The summed E-state index contributed by atoms with van der Waals surface area (Å²) in [7, 11) is 1.25. The molecule has 2 fully saturated rings. The van der Waals surface area contributed by atoms with Crippen LogP contribution in [0.2, 0.25) is 0 Å². The number of ether oxygens (including phenoxy) is 2. The molecule has 2 N–H and O–H groups in total. The number of hydrogen-bond donors (Lipinski definition) is 2. The quantitative estimate of drug-likeness (QED) is 0.279. The molecule has 2 atom stereocenters. The van der Waals surface area contributed by atoms with Crippen molar-refractivity contribution in [3.05, 3.63) is 53.9 Å². The minimum atomic E-state index is -0.870. The Bertz CT molecular complexity index is 1280. The van der Waals surface area contributed by atoms with Crippen molar-refractivity contribution in [2.75, 3.05) is 49.6 Å². The highest BCUT2D eigenvalue weighted by Gasteiger charge is 2.34. The molecule has 3 amide bonds. The zero-order valence-electron chi connectivity index (χ0n) is 22.0. The van der Waals surface area contributed by atoms with E-state index in [4.69, 9.17) is 4.74 Å². The molecule has 4 rings (SSSR count). The number of halogens is 2. The number of methoxy groups -OCH3 is 1. The smallest absolute Gasteiger partial charge is 0.414 e. The monoisotopic (exact) mass is 562 g/mol. The van der Waals surface area contributed by atoms with Crippen LogP contribution in [0.3, 0.4) is 0 Å². The average Bonchev–Trinajstić information content (AvgIpc) is 3.31. The number of carbonyl (C=O) groups excluding carboxylic acids is 4. The van der Waals surface area contributed by atoms with Gasteiger partial charge in [-0.2, -0.15) is 0 Å². The van der Waals surface area contributed by atoms with Crippen LogP contribution in [0.5, 0.6) is 0 Å². The molecular formula is C26H30F2N5O7+. The van der Waals surface area contributed by atoms with E-state index in [1.165, 1.54) is 48.4 Å². The second-order valence-electron chi connectivity index (χ2n) is 9.47. The van der Waals surface area contributed by atoms with Gasteiger partial charge in [0.15, 0.2) is 11.6 Å². The Balaban J connectivity index is 1.34. The average molecular weight is 563 g/mol. The zero-order valence-corrected chi connectivity index (χ0v) is 22.0. The third-order valence-electron chi connectivity index (χ3n) is 6.76. The van der Waals surface area contributed by atoms with Crippen LogP contribution < -0.4 is 19.8 Å². The maximum absolute atomic E-state index is 15.1. The van der Waals surface area contributed by atoms with E-state index in [0.29, 0.717) is 0 Å². The van der Waals surface area contributed by atoms with Gasteiger partial charge in [0.2, 0.25) is 18.3 Å². The van der Waals surface area contributed by atoms with Crippen molar-refractivity contribution in [3.8, 4) is 0 Å². The normalized spacial score (nSPS) is 17.9. The standard InChI is InChI=1S/C26H29F2N5O7/c1-16(29-24(35)17-4-3-7-32(38)14-17)25(36)31-10-8-30(9-11-31)23-20(27)12-18(13-21(23)28)33-15-19(40-26(33)37)5-6-22(34)39-2/h3-4,7,12-14,16,19H,5-6,8-11,15H2,1-2H3,(H-,29,35,38)/p+1/t16-,19-/m0/s1. The summed E-state index contributed by atoms with van der Waals surface area (Å²) in [5.74, 6) is -3.09.